The summed E-state index contributed by atoms with van der Waals surface area (Å²) >= 11 is 0. The van der Waals surface area contributed by atoms with Gasteiger partial charge in [0.05, 0.1) is 26.2 Å². The highest BCUT2D eigenvalue weighted by molar-refractivity contribution is 5.95. The Kier molecular flexibility index (Phi) is 9.41. The Morgan fingerprint density at radius 1 is 1.03 bits per heavy atom. The summed E-state index contributed by atoms with van der Waals surface area (Å²) in [4.78, 5) is 26.4. The highest BCUT2D eigenvalue weighted by atomic mass is 16.5. The summed E-state index contributed by atoms with van der Waals surface area (Å²) in [7, 11) is 0. The smallest absolute Gasteiger partial charge is 0.341 e. The number of aryl methyl sites for hydroxylation is 1. The molecule has 7 nitrogen and oxygen atoms in total. The SMILES string of the molecule is CCOC(=O)CCN(CC)c1c(C(=O)OCC)cc(C)n1COCc1ccccc1. The Morgan fingerprint density at radius 3 is 2.37 bits per heavy atom. The minimum Gasteiger partial charge on any atom is -0.466 e. The first kappa shape index (κ1) is 23.5. The Morgan fingerprint density at radius 2 is 1.73 bits per heavy atom. The first-order valence-electron chi connectivity index (χ1n) is 10.4. The van der Waals surface area contributed by atoms with E-state index in [2.05, 4.69) is 0 Å². The van der Waals surface area contributed by atoms with Gasteiger partial charge in [0.1, 0.15) is 18.1 Å². The van der Waals surface area contributed by atoms with Gasteiger partial charge in [-0.1, -0.05) is 30.3 Å². The van der Waals surface area contributed by atoms with E-state index in [1.807, 2.05) is 59.7 Å². The van der Waals surface area contributed by atoms with Crippen LogP contribution in [0.4, 0.5) is 5.82 Å². The molecule has 0 spiro atoms. The Hall–Kier alpha value is -2.80. The number of hydrogen-bond acceptors (Lipinski definition) is 6. The van der Waals surface area contributed by atoms with Gasteiger partial charge in [0, 0.05) is 18.8 Å². The van der Waals surface area contributed by atoms with Crippen LogP contribution in [0.2, 0.25) is 0 Å². The van der Waals surface area contributed by atoms with Crippen LogP contribution in [0.3, 0.4) is 0 Å². The molecule has 2 aromatic rings. The van der Waals surface area contributed by atoms with Crippen LogP contribution < -0.4 is 4.90 Å². The van der Waals surface area contributed by atoms with Crippen molar-refractivity contribution < 1.29 is 23.8 Å². The molecule has 0 unspecified atom stereocenters. The third kappa shape index (κ3) is 6.35. The maximum absolute atomic E-state index is 12.6. The summed E-state index contributed by atoms with van der Waals surface area (Å²) in [6.45, 7) is 9.92. The van der Waals surface area contributed by atoms with Gasteiger partial charge in [0.2, 0.25) is 0 Å². The van der Waals surface area contributed by atoms with Crippen molar-refractivity contribution in [1.29, 1.82) is 0 Å². The summed E-state index contributed by atoms with van der Waals surface area (Å²) in [5, 5.41) is 0. The molecule has 0 N–H and O–H groups in total. The van der Waals surface area contributed by atoms with Crippen molar-refractivity contribution in [3.8, 4) is 0 Å². The van der Waals surface area contributed by atoms with Crippen molar-refractivity contribution in [3.63, 3.8) is 0 Å². The van der Waals surface area contributed by atoms with Crippen LogP contribution in [-0.2, 0) is 32.3 Å². The number of ether oxygens (including phenoxy) is 3. The van der Waals surface area contributed by atoms with Gasteiger partial charge in [-0.3, -0.25) is 4.79 Å². The first-order chi connectivity index (χ1) is 14.5. The van der Waals surface area contributed by atoms with E-state index in [9.17, 15) is 9.59 Å². The lowest BCUT2D eigenvalue weighted by Gasteiger charge is -2.26. The molecule has 164 valence electrons. The molecule has 1 aromatic carbocycles. The van der Waals surface area contributed by atoms with Crippen LogP contribution >= 0.6 is 0 Å². The molecule has 7 heteroatoms. The number of hydrogen-bond donors (Lipinski definition) is 0. The molecule has 0 atom stereocenters. The average molecular weight is 417 g/mol. The summed E-state index contributed by atoms with van der Waals surface area (Å²) < 4.78 is 18.2. The van der Waals surface area contributed by atoms with E-state index in [1.165, 1.54) is 0 Å². The molecule has 0 amide bonds. The lowest BCUT2D eigenvalue weighted by molar-refractivity contribution is -0.142. The minimum absolute atomic E-state index is 0.235. The lowest BCUT2D eigenvalue weighted by atomic mass is 10.2. The molecular weight excluding hydrogens is 384 g/mol. The standard InChI is InChI=1S/C23H32N2O5/c1-5-24(14-13-21(26)29-6-2)22-20(23(27)30-7-3)15-18(4)25(22)17-28-16-19-11-9-8-10-12-19/h8-12,15H,5-7,13-14,16-17H2,1-4H3. The number of carbonyl (C=O) groups excluding carboxylic acids is 2. The maximum Gasteiger partial charge on any atom is 0.341 e. The first-order valence-corrected chi connectivity index (χ1v) is 10.4. The highest BCUT2D eigenvalue weighted by Gasteiger charge is 2.24. The van der Waals surface area contributed by atoms with Crippen LogP contribution in [0.5, 0.6) is 0 Å². The van der Waals surface area contributed by atoms with E-state index in [0.717, 1.165) is 11.3 Å². The molecule has 0 bridgehead atoms. The summed E-state index contributed by atoms with van der Waals surface area (Å²) in [5.41, 5.74) is 2.43. The highest BCUT2D eigenvalue weighted by Crippen LogP contribution is 2.27. The van der Waals surface area contributed by atoms with Gasteiger partial charge in [0.15, 0.2) is 0 Å². The molecule has 2 rings (SSSR count). The molecule has 30 heavy (non-hydrogen) atoms. The normalized spacial score (nSPS) is 10.7. The van der Waals surface area contributed by atoms with E-state index in [4.69, 9.17) is 14.2 Å². The minimum atomic E-state index is -0.382. The zero-order valence-electron chi connectivity index (χ0n) is 18.3. The van der Waals surface area contributed by atoms with E-state index in [-0.39, 0.29) is 25.1 Å². The molecule has 1 heterocycles. The van der Waals surface area contributed by atoms with Crippen LogP contribution in [0.25, 0.3) is 0 Å². The predicted octanol–water partition coefficient (Wildman–Crippen LogP) is 3.93. The molecule has 0 aliphatic heterocycles. The van der Waals surface area contributed by atoms with Crippen molar-refractivity contribution >= 4 is 17.8 Å². The number of anilines is 1. The van der Waals surface area contributed by atoms with E-state index in [1.54, 1.807) is 13.8 Å². The fourth-order valence-electron chi connectivity index (χ4n) is 3.23. The molecule has 0 fully saturated rings. The second-order valence-electron chi connectivity index (χ2n) is 6.77. The molecule has 0 radical (unpaired) electrons. The summed E-state index contributed by atoms with van der Waals surface area (Å²) in [6, 6.07) is 11.7. The molecular formula is C23H32N2O5. The number of benzene rings is 1. The van der Waals surface area contributed by atoms with Gasteiger partial charge in [-0.25, -0.2) is 4.79 Å². The third-order valence-electron chi connectivity index (χ3n) is 4.68. The number of esters is 2. The van der Waals surface area contributed by atoms with Crippen molar-refractivity contribution in [3.05, 3.63) is 53.2 Å². The topological polar surface area (TPSA) is 70.0 Å². The van der Waals surface area contributed by atoms with E-state index < -0.39 is 0 Å². The molecule has 0 aliphatic carbocycles. The molecule has 1 aromatic heterocycles. The maximum atomic E-state index is 12.6. The molecule has 0 aliphatic rings. The van der Waals surface area contributed by atoms with Crippen molar-refractivity contribution in [2.75, 3.05) is 31.2 Å². The quantitative estimate of drug-likeness (QED) is 0.489. The fourth-order valence-corrected chi connectivity index (χ4v) is 3.23. The summed E-state index contributed by atoms with van der Waals surface area (Å²) in [6.07, 6.45) is 0.235. The van der Waals surface area contributed by atoms with Crippen LogP contribution in [0.1, 0.15) is 48.8 Å². The van der Waals surface area contributed by atoms with Crippen LogP contribution in [0.15, 0.2) is 36.4 Å². The number of nitrogens with zero attached hydrogens (tertiary/aromatic N) is 2. The van der Waals surface area contributed by atoms with Crippen molar-refractivity contribution in [2.24, 2.45) is 0 Å². The van der Waals surface area contributed by atoms with E-state index >= 15 is 0 Å². The Bertz CT molecular complexity index is 817. The van der Waals surface area contributed by atoms with Crippen molar-refractivity contribution in [1.82, 2.24) is 4.57 Å². The second-order valence-corrected chi connectivity index (χ2v) is 6.77. The van der Waals surface area contributed by atoms with Gasteiger partial charge >= 0.3 is 11.9 Å². The average Bonchev–Trinajstić information content (AvgIpc) is 3.06. The van der Waals surface area contributed by atoms with Crippen LogP contribution in [0, 0.1) is 6.92 Å². The second kappa shape index (κ2) is 12.0. The monoisotopic (exact) mass is 416 g/mol. The van der Waals surface area contributed by atoms with Gasteiger partial charge in [-0.05, 0) is 39.3 Å². The third-order valence-corrected chi connectivity index (χ3v) is 4.68. The molecule has 0 saturated carbocycles. The zero-order valence-corrected chi connectivity index (χ0v) is 18.3. The Balaban J connectivity index is 2.25. The fraction of sp³-hybridized carbons (Fsp3) is 0.478. The van der Waals surface area contributed by atoms with E-state index in [0.29, 0.717) is 44.3 Å². The van der Waals surface area contributed by atoms with Gasteiger partial charge in [-0.2, -0.15) is 0 Å². The van der Waals surface area contributed by atoms with Gasteiger partial charge in [-0.15, -0.1) is 0 Å². The zero-order chi connectivity index (χ0) is 21.9. The molecule has 0 saturated heterocycles. The summed E-state index contributed by atoms with van der Waals surface area (Å²) in [5.74, 6) is 0.0570. The lowest BCUT2D eigenvalue weighted by Crippen LogP contribution is -2.30. The Labute approximate surface area is 178 Å². The predicted molar refractivity (Wildman–Crippen MR) is 115 cm³/mol. The largest absolute Gasteiger partial charge is 0.466 e. The van der Waals surface area contributed by atoms with Gasteiger partial charge < -0.3 is 23.7 Å². The van der Waals surface area contributed by atoms with Crippen LogP contribution in [-0.4, -0.2) is 42.8 Å². The number of rotatable bonds is 12. The number of carbonyl (C=O) groups is 2. The van der Waals surface area contributed by atoms with Crippen molar-refractivity contribution in [2.45, 2.75) is 47.5 Å². The number of aromatic nitrogens is 1. The van der Waals surface area contributed by atoms with Gasteiger partial charge in [0.25, 0.3) is 0 Å².